The van der Waals surface area contributed by atoms with Crippen LogP contribution in [0.4, 0.5) is 27.5 Å². The number of aromatic nitrogens is 3. The summed E-state index contributed by atoms with van der Waals surface area (Å²) in [6.07, 6.45) is 2.83. The van der Waals surface area contributed by atoms with Crippen LogP contribution in [0.3, 0.4) is 0 Å². The minimum Gasteiger partial charge on any atom is -0.477 e. The van der Waals surface area contributed by atoms with E-state index in [9.17, 15) is 19.1 Å². The molecule has 4 aromatic rings. The van der Waals surface area contributed by atoms with Gasteiger partial charge in [0.15, 0.2) is 5.82 Å². The molecule has 0 aliphatic rings. The van der Waals surface area contributed by atoms with Gasteiger partial charge in [0.2, 0.25) is 5.95 Å². The van der Waals surface area contributed by atoms with Crippen molar-refractivity contribution in [3.8, 4) is 0 Å². The molecule has 11 heteroatoms. The van der Waals surface area contributed by atoms with Crippen molar-refractivity contribution >= 4 is 69.4 Å². The van der Waals surface area contributed by atoms with Gasteiger partial charge in [-0.05, 0) is 30.3 Å². The minimum atomic E-state index is -1.21. The number of carbonyl (C=O) groups is 1. The topological polar surface area (TPSA) is 109 Å². The predicted octanol–water partition coefficient (Wildman–Crippen LogP) is 3.33. The van der Waals surface area contributed by atoms with Crippen LogP contribution in [0.25, 0.3) is 10.1 Å². The average Bonchev–Trinajstić information content (AvgIpc) is 3.10. The predicted molar refractivity (Wildman–Crippen MR) is 115 cm³/mol. The molecule has 1 aromatic carbocycles. The van der Waals surface area contributed by atoms with Crippen molar-refractivity contribution in [3.05, 3.63) is 69.8 Å². The number of nitrogens with zero attached hydrogens (tertiary/aromatic N) is 3. The van der Waals surface area contributed by atoms with Crippen molar-refractivity contribution in [2.24, 2.45) is 7.05 Å². The molecule has 0 fully saturated rings. The quantitative estimate of drug-likeness (QED) is 0.427. The van der Waals surface area contributed by atoms with Crippen LogP contribution in [0.5, 0.6) is 0 Å². The number of pyridine rings is 1. The molecule has 0 atom stereocenters. The molecule has 3 aromatic heterocycles. The Kier molecular flexibility index (Phi) is 6.22. The van der Waals surface area contributed by atoms with Crippen LogP contribution >= 0.6 is 11.3 Å². The normalized spacial score (nSPS) is 10.5. The first-order valence-electron chi connectivity index (χ1n) is 8.39. The second-order valence-electron chi connectivity index (χ2n) is 6.14. The van der Waals surface area contributed by atoms with Crippen molar-refractivity contribution in [1.82, 2.24) is 14.5 Å². The zero-order chi connectivity index (χ0) is 20.5. The zero-order valence-electron chi connectivity index (χ0n) is 16.0. The summed E-state index contributed by atoms with van der Waals surface area (Å²) in [5.74, 6) is -1.45. The van der Waals surface area contributed by atoms with Crippen LogP contribution in [0.15, 0.2) is 52.9 Å². The zero-order valence-corrected chi connectivity index (χ0v) is 16.8. The first-order chi connectivity index (χ1) is 13.9. The van der Waals surface area contributed by atoms with Gasteiger partial charge >= 0.3 is 5.97 Å². The van der Waals surface area contributed by atoms with E-state index in [0.29, 0.717) is 16.8 Å². The van der Waals surface area contributed by atoms with Crippen LogP contribution in [-0.4, -0.2) is 44.5 Å². The fourth-order valence-electron chi connectivity index (χ4n) is 2.72. The van der Waals surface area contributed by atoms with Crippen LogP contribution < -0.4 is 16.2 Å². The second kappa shape index (κ2) is 8.67. The van der Waals surface area contributed by atoms with Gasteiger partial charge in [0.25, 0.3) is 5.56 Å². The van der Waals surface area contributed by atoms with Gasteiger partial charge in [0.05, 0.1) is 11.1 Å². The third kappa shape index (κ3) is 4.21. The van der Waals surface area contributed by atoms with Crippen molar-refractivity contribution in [2.45, 2.75) is 0 Å². The molecule has 0 spiro atoms. The first kappa shape index (κ1) is 21.5. The Morgan fingerprint density at radius 3 is 2.63 bits per heavy atom. The number of nitrogens with one attached hydrogen (secondary N) is 2. The third-order valence-corrected chi connectivity index (χ3v) is 5.12. The van der Waals surface area contributed by atoms with Crippen molar-refractivity contribution in [1.29, 1.82) is 0 Å². The number of rotatable bonds is 5. The molecule has 3 N–H and O–H groups in total. The molecule has 1 radical (unpaired) electrons. The number of hydrogen-bond donors (Lipinski definition) is 3. The molecule has 8 nitrogen and oxygen atoms in total. The van der Waals surface area contributed by atoms with E-state index in [0.717, 1.165) is 10.9 Å². The Labute approximate surface area is 185 Å². The molecule has 0 amide bonds. The van der Waals surface area contributed by atoms with Crippen molar-refractivity contribution < 1.29 is 14.3 Å². The molecule has 30 heavy (non-hydrogen) atoms. The van der Waals surface area contributed by atoms with E-state index in [2.05, 4.69) is 20.6 Å². The van der Waals surface area contributed by atoms with E-state index < -0.39 is 5.97 Å². The molecule has 0 saturated carbocycles. The summed E-state index contributed by atoms with van der Waals surface area (Å²) in [5, 5.41) is 17.5. The number of anilines is 4. The number of carboxylic acid groups (broad SMARTS) is 1. The molecule has 4 rings (SSSR count). The van der Waals surface area contributed by atoms with Gasteiger partial charge < -0.3 is 20.3 Å². The fourth-order valence-corrected chi connectivity index (χ4v) is 3.59. The molecule has 147 valence electrons. The number of aromatic carboxylic acids is 1. The summed E-state index contributed by atoms with van der Waals surface area (Å²) in [6, 6.07) is 7.38. The van der Waals surface area contributed by atoms with Crippen LogP contribution in [0.2, 0.25) is 0 Å². The van der Waals surface area contributed by atoms with E-state index in [1.54, 1.807) is 18.6 Å². The van der Waals surface area contributed by atoms with Gasteiger partial charge in [-0.1, -0.05) is 0 Å². The van der Waals surface area contributed by atoms with Gasteiger partial charge in [0, 0.05) is 54.1 Å². The number of aryl methyl sites for hydroxylation is 1. The fraction of sp³-hybridized carbons (Fsp3) is 0.0526. The summed E-state index contributed by atoms with van der Waals surface area (Å²) >= 11 is 1.36. The number of halogens is 1. The summed E-state index contributed by atoms with van der Waals surface area (Å²) in [6.45, 7) is 0. The summed E-state index contributed by atoms with van der Waals surface area (Å²) in [4.78, 5) is 32.3. The molecule has 0 aliphatic heterocycles. The number of thiophene rings is 1. The number of benzene rings is 1. The Morgan fingerprint density at radius 2 is 1.93 bits per heavy atom. The number of fused-ring (bicyclic) bond motifs is 1. The summed E-state index contributed by atoms with van der Waals surface area (Å²) in [5.41, 5.74) is 0.638. The molecule has 0 saturated heterocycles. The molecular weight excluding hydrogens is 404 g/mol. The Bertz CT molecular complexity index is 1290. The van der Waals surface area contributed by atoms with E-state index in [1.165, 1.54) is 40.2 Å². The number of hydrogen-bond acceptors (Lipinski definition) is 7. The van der Waals surface area contributed by atoms with Gasteiger partial charge in [0.1, 0.15) is 11.4 Å². The van der Waals surface area contributed by atoms with Crippen LogP contribution in [-0.2, 0) is 7.05 Å². The molecule has 0 bridgehead atoms. The standard InChI is InChI=1S/C19H14FN5O3S.Li/c1-25-7-6-14-15(17(25)26)13(9-29-14)23-16-12(18(27)28)8-21-19(24-16)22-11-4-2-10(20)3-5-11;/h2-9H,1H3,(H,27,28)(H2,21,22,23,24);. The van der Waals surface area contributed by atoms with Crippen molar-refractivity contribution in [2.75, 3.05) is 10.6 Å². The number of carboxylic acids is 1. The van der Waals surface area contributed by atoms with Crippen LogP contribution in [0.1, 0.15) is 10.4 Å². The third-order valence-electron chi connectivity index (χ3n) is 4.18. The Balaban J connectivity index is 0.00000256. The maximum atomic E-state index is 13.1. The van der Waals surface area contributed by atoms with E-state index in [-0.39, 0.29) is 47.6 Å². The maximum absolute atomic E-state index is 13.1. The molecule has 0 aliphatic carbocycles. The largest absolute Gasteiger partial charge is 0.477 e. The molecule has 3 heterocycles. The SMILES string of the molecule is Cn1ccc2scc(Nc3nc(Nc4ccc(F)cc4)ncc3C(=O)O)c2c1=O.[Li]. The summed E-state index contributed by atoms with van der Waals surface area (Å²) in [7, 11) is 1.64. The average molecular weight is 418 g/mol. The first-order valence-corrected chi connectivity index (χ1v) is 9.27. The van der Waals surface area contributed by atoms with Crippen LogP contribution in [0, 0.1) is 5.82 Å². The van der Waals surface area contributed by atoms with Gasteiger partial charge in [-0.2, -0.15) is 4.98 Å². The second-order valence-corrected chi connectivity index (χ2v) is 7.05. The van der Waals surface area contributed by atoms with Gasteiger partial charge in [-0.25, -0.2) is 14.2 Å². The summed E-state index contributed by atoms with van der Waals surface area (Å²) < 4.78 is 15.3. The Hall–Kier alpha value is -3.19. The van der Waals surface area contributed by atoms with E-state index in [4.69, 9.17) is 0 Å². The Morgan fingerprint density at radius 1 is 1.20 bits per heavy atom. The van der Waals surface area contributed by atoms with Crippen molar-refractivity contribution in [3.63, 3.8) is 0 Å². The molecule has 0 unspecified atom stereocenters. The van der Waals surface area contributed by atoms with Gasteiger partial charge in [-0.15, -0.1) is 11.3 Å². The van der Waals surface area contributed by atoms with Gasteiger partial charge in [-0.3, -0.25) is 4.79 Å². The minimum absolute atomic E-state index is 0. The smallest absolute Gasteiger partial charge is 0.341 e. The monoisotopic (exact) mass is 418 g/mol. The maximum Gasteiger partial charge on any atom is 0.341 e. The van der Waals surface area contributed by atoms with E-state index >= 15 is 0 Å². The molecular formula is C19H14FLiN5O3S. The van der Waals surface area contributed by atoms with E-state index in [1.807, 2.05) is 6.07 Å².